The molecule has 0 aromatic carbocycles. The third-order valence-electron chi connectivity index (χ3n) is 5.90. The van der Waals surface area contributed by atoms with Crippen LogP contribution in [0.4, 0.5) is 5.82 Å². The predicted octanol–water partition coefficient (Wildman–Crippen LogP) is 4.72. The lowest BCUT2D eigenvalue weighted by Gasteiger charge is -2.36. The largest absolute Gasteiger partial charge is 0.375 e. The highest BCUT2D eigenvalue weighted by molar-refractivity contribution is 8.14. The molecule has 138 valence electrons. The monoisotopic (exact) mass is 363 g/mol. The standard InChI is InChI=1S/C19H29N3O2S/c1-12-20-17-15(16(25-12)13-7-5-4-6-8-13)18(23)21-22(17)14-9-10-24-19(2,3)11-14/h13-14,16H,4-11H2,1-3H3,(H,21,23)/t14-,16-/m0/s1. The van der Waals surface area contributed by atoms with Gasteiger partial charge in [0, 0.05) is 11.9 Å². The van der Waals surface area contributed by atoms with Gasteiger partial charge in [-0.15, -0.1) is 11.8 Å². The van der Waals surface area contributed by atoms with Gasteiger partial charge < -0.3 is 4.74 Å². The van der Waals surface area contributed by atoms with Crippen molar-refractivity contribution in [2.24, 2.45) is 10.9 Å². The summed E-state index contributed by atoms with van der Waals surface area (Å²) in [7, 11) is 0. The van der Waals surface area contributed by atoms with Gasteiger partial charge in [-0.3, -0.25) is 14.6 Å². The summed E-state index contributed by atoms with van der Waals surface area (Å²) < 4.78 is 7.92. The Bertz CT molecular complexity index is 728. The zero-order chi connectivity index (χ0) is 17.6. The average Bonchev–Trinajstić information content (AvgIpc) is 2.91. The van der Waals surface area contributed by atoms with Crippen LogP contribution >= 0.6 is 11.8 Å². The summed E-state index contributed by atoms with van der Waals surface area (Å²) in [5.74, 6) is 1.49. The number of aromatic nitrogens is 2. The van der Waals surface area contributed by atoms with Gasteiger partial charge in [0.25, 0.3) is 5.56 Å². The smallest absolute Gasteiger partial charge is 0.270 e. The molecule has 2 fully saturated rings. The molecule has 3 aliphatic rings. The molecule has 1 saturated heterocycles. The highest BCUT2D eigenvalue weighted by Crippen LogP contribution is 2.49. The van der Waals surface area contributed by atoms with Crippen molar-refractivity contribution in [3.05, 3.63) is 15.9 Å². The first kappa shape index (κ1) is 17.4. The summed E-state index contributed by atoms with van der Waals surface area (Å²) >= 11 is 1.80. The number of aromatic amines is 1. The number of H-pyrrole nitrogens is 1. The SMILES string of the molecule is CC1=Nc2c(c(=O)[nH]n2[C@H]2CCOC(C)(C)C2)[C@H](C2CCCCC2)S1. The third-order valence-corrected chi connectivity index (χ3v) is 7.20. The van der Waals surface area contributed by atoms with Crippen LogP contribution in [-0.2, 0) is 4.74 Å². The van der Waals surface area contributed by atoms with Crippen molar-refractivity contribution in [3.63, 3.8) is 0 Å². The van der Waals surface area contributed by atoms with Gasteiger partial charge in [0.15, 0.2) is 5.82 Å². The van der Waals surface area contributed by atoms with Gasteiger partial charge in [-0.25, -0.2) is 4.99 Å². The minimum Gasteiger partial charge on any atom is -0.375 e. The first-order valence-corrected chi connectivity index (χ1v) is 10.5. The maximum Gasteiger partial charge on any atom is 0.270 e. The lowest BCUT2D eigenvalue weighted by molar-refractivity contribution is -0.0705. The fourth-order valence-electron chi connectivity index (χ4n) is 4.70. The Hall–Kier alpha value is -1.01. The Morgan fingerprint density at radius 1 is 1.24 bits per heavy atom. The second-order valence-corrected chi connectivity index (χ2v) is 9.70. The van der Waals surface area contributed by atoms with E-state index < -0.39 is 0 Å². The molecule has 2 aliphatic heterocycles. The van der Waals surface area contributed by atoms with Crippen molar-refractivity contribution >= 4 is 22.6 Å². The maximum absolute atomic E-state index is 12.9. The van der Waals surface area contributed by atoms with Gasteiger partial charge in [-0.2, -0.15) is 0 Å². The van der Waals surface area contributed by atoms with Crippen molar-refractivity contribution in [1.82, 2.24) is 9.78 Å². The van der Waals surface area contributed by atoms with E-state index in [0.717, 1.165) is 35.9 Å². The van der Waals surface area contributed by atoms with Crippen LogP contribution in [-0.4, -0.2) is 27.0 Å². The zero-order valence-electron chi connectivity index (χ0n) is 15.5. The van der Waals surface area contributed by atoms with E-state index in [2.05, 4.69) is 30.6 Å². The fourth-order valence-corrected chi connectivity index (χ4v) is 6.00. The summed E-state index contributed by atoms with van der Waals surface area (Å²) in [4.78, 5) is 17.7. The minimum absolute atomic E-state index is 0.0682. The van der Waals surface area contributed by atoms with E-state index in [-0.39, 0.29) is 22.5 Å². The second-order valence-electron chi connectivity index (χ2n) is 8.37. The van der Waals surface area contributed by atoms with Crippen molar-refractivity contribution in [3.8, 4) is 0 Å². The molecule has 0 spiro atoms. The molecule has 1 aromatic rings. The Kier molecular flexibility index (Phi) is 4.61. The van der Waals surface area contributed by atoms with E-state index in [1.54, 1.807) is 11.8 Å². The number of nitrogens with zero attached hydrogens (tertiary/aromatic N) is 2. The summed E-state index contributed by atoms with van der Waals surface area (Å²) in [5.41, 5.74) is 0.840. The Labute approximate surface area is 153 Å². The molecule has 3 heterocycles. The highest BCUT2D eigenvalue weighted by atomic mass is 32.2. The molecule has 0 bridgehead atoms. The molecule has 25 heavy (non-hydrogen) atoms. The molecule has 4 rings (SSSR count). The van der Waals surface area contributed by atoms with Gasteiger partial charge in [-0.05, 0) is 52.4 Å². The van der Waals surface area contributed by atoms with E-state index in [0.29, 0.717) is 5.92 Å². The van der Waals surface area contributed by atoms with Crippen LogP contribution in [0.1, 0.15) is 82.6 Å². The highest BCUT2D eigenvalue weighted by Gasteiger charge is 2.38. The molecule has 0 amide bonds. The van der Waals surface area contributed by atoms with Gasteiger partial charge >= 0.3 is 0 Å². The molecule has 0 unspecified atom stereocenters. The van der Waals surface area contributed by atoms with Crippen LogP contribution in [0.3, 0.4) is 0 Å². The Morgan fingerprint density at radius 2 is 2.00 bits per heavy atom. The van der Waals surface area contributed by atoms with E-state index >= 15 is 0 Å². The molecule has 5 nitrogen and oxygen atoms in total. The zero-order valence-corrected chi connectivity index (χ0v) is 16.3. The fraction of sp³-hybridized carbons (Fsp3) is 0.789. The molecular weight excluding hydrogens is 334 g/mol. The van der Waals surface area contributed by atoms with E-state index in [1.807, 2.05) is 0 Å². The predicted molar refractivity (Wildman–Crippen MR) is 103 cm³/mol. The number of nitrogens with one attached hydrogen (secondary N) is 1. The Morgan fingerprint density at radius 3 is 2.72 bits per heavy atom. The first-order chi connectivity index (χ1) is 11.9. The molecular formula is C19H29N3O2S. The average molecular weight is 364 g/mol. The number of hydrogen-bond acceptors (Lipinski definition) is 4. The number of aliphatic imine (C=N–C) groups is 1. The molecule has 0 radical (unpaired) electrons. The second kappa shape index (κ2) is 6.62. The van der Waals surface area contributed by atoms with Crippen LogP contribution < -0.4 is 5.56 Å². The lowest BCUT2D eigenvalue weighted by atomic mass is 9.84. The van der Waals surface area contributed by atoms with Crippen LogP contribution in [0.25, 0.3) is 0 Å². The topological polar surface area (TPSA) is 59.4 Å². The quantitative estimate of drug-likeness (QED) is 0.827. The molecule has 1 saturated carbocycles. The Balaban J connectivity index is 1.72. The number of thioether (sulfide) groups is 1. The number of hydrogen-bond donors (Lipinski definition) is 1. The normalized spacial score (nSPS) is 30.0. The van der Waals surface area contributed by atoms with Crippen LogP contribution in [0, 0.1) is 5.92 Å². The van der Waals surface area contributed by atoms with E-state index in [1.165, 1.54) is 32.1 Å². The number of fused-ring (bicyclic) bond motifs is 1. The number of rotatable bonds is 2. The van der Waals surface area contributed by atoms with Crippen LogP contribution in [0.15, 0.2) is 9.79 Å². The van der Waals surface area contributed by atoms with Gasteiger partial charge in [0.2, 0.25) is 0 Å². The maximum atomic E-state index is 12.9. The van der Waals surface area contributed by atoms with Crippen molar-refractivity contribution in [2.75, 3.05) is 6.61 Å². The molecule has 1 aromatic heterocycles. The van der Waals surface area contributed by atoms with E-state index in [4.69, 9.17) is 9.73 Å². The summed E-state index contributed by atoms with van der Waals surface area (Å²) in [6, 6.07) is 0.256. The van der Waals surface area contributed by atoms with Crippen LogP contribution in [0.2, 0.25) is 0 Å². The minimum atomic E-state index is -0.151. The molecule has 6 heteroatoms. The van der Waals surface area contributed by atoms with Gasteiger partial charge in [0.05, 0.1) is 22.3 Å². The summed E-state index contributed by atoms with van der Waals surface area (Å²) in [6.07, 6.45) is 8.22. The molecule has 2 atom stereocenters. The van der Waals surface area contributed by atoms with Gasteiger partial charge in [0.1, 0.15) is 0 Å². The molecule has 1 N–H and O–H groups in total. The first-order valence-electron chi connectivity index (χ1n) is 9.65. The summed E-state index contributed by atoms with van der Waals surface area (Å²) in [5, 5.41) is 4.49. The summed E-state index contributed by atoms with van der Waals surface area (Å²) in [6.45, 7) is 7.07. The van der Waals surface area contributed by atoms with E-state index in [9.17, 15) is 4.79 Å². The van der Waals surface area contributed by atoms with Crippen molar-refractivity contribution in [2.45, 2.75) is 82.6 Å². The van der Waals surface area contributed by atoms with Crippen molar-refractivity contribution in [1.29, 1.82) is 0 Å². The van der Waals surface area contributed by atoms with Gasteiger partial charge in [-0.1, -0.05) is 19.3 Å². The van der Waals surface area contributed by atoms with Crippen molar-refractivity contribution < 1.29 is 4.74 Å². The third kappa shape index (κ3) is 3.35. The number of ether oxygens (including phenoxy) is 1. The van der Waals surface area contributed by atoms with Crippen LogP contribution in [0.5, 0.6) is 0 Å². The molecule has 1 aliphatic carbocycles. The lowest BCUT2D eigenvalue weighted by Crippen LogP contribution is -2.35.